The van der Waals surface area contributed by atoms with Crippen molar-refractivity contribution in [2.45, 2.75) is 6.92 Å². The van der Waals surface area contributed by atoms with Crippen LogP contribution in [-0.2, 0) is 0 Å². The summed E-state index contributed by atoms with van der Waals surface area (Å²) in [4.78, 5) is 18.7. The Labute approximate surface area is 133 Å². The maximum absolute atomic E-state index is 11.9. The Morgan fingerprint density at radius 2 is 1.91 bits per heavy atom. The van der Waals surface area contributed by atoms with E-state index in [0.29, 0.717) is 17.1 Å². The molecule has 23 heavy (non-hydrogen) atoms. The minimum Gasteiger partial charge on any atom is -0.508 e. The van der Waals surface area contributed by atoms with Gasteiger partial charge in [-0.05, 0) is 48.9 Å². The number of aromatic hydroxyl groups is 1. The van der Waals surface area contributed by atoms with Gasteiger partial charge in [0.1, 0.15) is 11.5 Å². The van der Waals surface area contributed by atoms with E-state index < -0.39 is 5.69 Å². The summed E-state index contributed by atoms with van der Waals surface area (Å²) < 4.78 is 5.21. The molecule has 0 aliphatic carbocycles. The number of nitrogens with one attached hydrogen (secondary N) is 1. The number of rotatable bonds is 3. The molecule has 0 amide bonds. The second-order valence-corrected chi connectivity index (χ2v) is 5.22. The van der Waals surface area contributed by atoms with Gasteiger partial charge in [0, 0.05) is 11.1 Å². The van der Waals surface area contributed by atoms with Crippen molar-refractivity contribution in [3.63, 3.8) is 0 Å². The lowest BCUT2D eigenvalue weighted by Crippen LogP contribution is -2.12. The van der Waals surface area contributed by atoms with Crippen LogP contribution < -0.4 is 10.4 Å². The zero-order valence-corrected chi connectivity index (χ0v) is 12.8. The van der Waals surface area contributed by atoms with Crippen LogP contribution in [0.5, 0.6) is 11.5 Å². The number of phenols is 1. The third kappa shape index (κ3) is 3.08. The standard InChI is InChI=1S/C18H16N2O3/c1-11-8-13(6-7-17(11)21)16-10-15(19-18(22)20-16)12-4-3-5-14(9-12)23-2/h3-10,21H,1-2H3,(H,19,20,22). The Morgan fingerprint density at radius 3 is 2.65 bits per heavy atom. The van der Waals surface area contributed by atoms with Crippen LogP contribution in [0, 0.1) is 6.92 Å². The van der Waals surface area contributed by atoms with Gasteiger partial charge >= 0.3 is 5.69 Å². The molecule has 2 aromatic carbocycles. The van der Waals surface area contributed by atoms with Crippen molar-refractivity contribution in [2.75, 3.05) is 7.11 Å². The number of methoxy groups -OCH3 is 1. The molecule has 0 saturated heterocycles. The lowest BCUT2D eigenvalue weighted by Gasteiger charge is -2.08. The molecule has 3 aromatic rings. The number of aryl methyl sites for hydroxylation is 1. The Kier molecular flexibility index (Phi) is 3.85. The van der Waals surface area contributed by atoms with Crippen molar-refractivity contribution in [3.8, 4) is 34.0 Å². The van der Waals surface area contributed by atoms with Crippen LogP contribution in [0.3, 0.4) is 0 Å². The molecule has 0 bridgehead atoms. The SMILES string of the molecule is COc1cccc(-c2cc(-c3ccc(O)c(C)c3)nc(=O)[nH]2)c1. The van der Waals surface area contributed by atoms with Gasteiger partial charge in [-0.15, -0.1) is 0 Å². The number of hydrogen-bond acceptors (Lipinski definition) is 4. The summed E-state index contributed by atoms with van der Waals surface area (Å²) in [6, 6.07) is 14.4. The maximum atomic E-state index is 11.9. The van der Waals surface area contributed by atoms with E-state index >= 15 is 0 Å². The number of hydrogen-bond donors (Lipinski definition) is 2. The topological polar surface area (TPSA) is 75.2 Å². The first-order valence-corrected chi connectivity index (χ1v) is 7.12. The first-order valence-electron chi connectivity index (χ1n) is 7.12. The summed E-state index contributed by atoms with van der Waals surface area (Å²) in [5, 5.41) is 9.63. The molecule has 0 unspecified atom stereocenters. The summed E-state index contributed by atoms with van der Waals surface area (Å²) in [5.74, 6) is 0.925. The minimum absolute atomic E-state index is 0.214. The zero-order chi connectivity index (χ0) is 16.4. The average molecular weight is 308 g/mol. The van der Waals surface area contributed by atoms with E-state index in [1.54, 1.807) is 32.2 Å². The van der Waals surface area contributed by atoms with Crippen LogP contribution >= 0.6 is 0 Å². The highest BCUT2D eigenvalue weighted by Gasteiger charge is 2.08. The van der Waals surface area contributed by atoms with Gasteiger partial charge in [-0.1, -0.05) is 12.1 Å². The van der Waals surface area contributed by atoms with Gasteiger partial charge in [0.25, 0.3) is 0 Å². The van der Waals surface area contributed by atoms with E-state index in [2.05, 4.69) is 9.97 Å². The number of ether oxygens (including phenoxy) is 1. The Balaban J connectivity index is 2.12. The summed E-state index contributed by atoms with van der Waals surface area (Å²) in [5.41, 5.74) is 3.12. The van der Waals surface area contributed by atoms with Crippen LogP contribution in [0.25, 0.3) is 22.5 Å². The fraction of sp³-hybridized carbons (Fsp3) is 0.111. The highest BCUT2D eigenvalue weighted by molar-refractivity contribution is 5.69. The summed E-state index contributed by atoms with van der Waals surface area (Å²) in [6.45, 7) is 1.80. The molecule has 1 heterocycles. The lowest BCUT2D eigenvalue weighted by molar-refractivity contribution is 0.415. The quantitative estimate of drug-likeness (QED) is 0.779. The molecule has 0 spiro atoms. The van der Waals surface area contributed by atoms with Crippen molar-refractivity contribution in [1.82, 2.24) is 9.97 Å². The molecule has 0 atom stereocenters. The van der Waals surface area contributed by atoms with Gasteiger partial charge in [0.15, 0.2) is 0 Å². The second-order valence-electron chi connectivity index (χ2n) is 5.22. The van der Waals surface area contributed by atoms with Crippen LogP contribution in [0.2, 0.25) is 0 Å². The molecule has 5 nitrogen and oxygen atoms in total. The predicted octanol–water partition coefficient (Wildman–Crippen LogP) is 3.13. The highest BCUT2D eigenvalue weighted by Crippen LogP contribution is 2.27. The zero-order valence-electron chi connectivity index (χ0n) is 12.8. The summed E-state index contributed by atoms with van der Waals surface area (Å²) in [7, 11) is 1.60. The fourth-order valence-corrected chi connectivity index (χ4v) is 2.37. The molecule has 0 aliphatic heterocycles. The van der Waals surface area contributed by atoms with Gasteiger partial charge in [0.2, 0.25) is 0 Å². The first-order chi connectivity index (χ1) is 11.1. The van der Waals surface area contributed by atoms with E-state index in [0.717, 1.165) is 16.7 Å². The molecular formula is C18H16N2O3. The van der Waals surface area contributed by atoms with Crippen molar-refractivity contribution in [3.05, 3.63) is 64.6 Å². The largest absolute Gasteiger partial charge is 0.508 e. The normalized spacial score (nSPS) is 10.5. The molecule has 0 radical (unpaired) electrons. The Bertz CT molecular complexity index is 916. The molecule has 0 aliphatic rings. The third-order valence-electron chi connectivity index (χ3n) is 3.62. The molecule has 1 aromatic heterocycles. The maximum Gasteiger partial charge on any atom is 0.345 e. The number of aromatic nitrogens is 2. The van der Waals surface area contributed by atoms with E-state index in [1.807, 2.05) is 30.3 Å². The number of H-pyrrole nitrogens is 1. The fourth-order valence-electron chi connectivity index (χ4n) is 2.37. The number of nitrogens with zero attached hydrogens (tertiary/aromatic N) is 1. The average Bonchev–Trinajstić information content (AvgIpc) is 2.57. The van der Waals surface area contributed by atoms with E-state index in [1.165, 1.54) is 0 Å². The van der Waals surface area contributed by atoms with Crippen molar-refractivity contribution in [1.29, 1.82) is 0 Å². The molecule has 0 saturated carbocycles. The predicted molar refractivity (Wildman–Crippen MR) is 88.7 cm³/mol. The van der Waals surface area contributed by atoms with Gasteiger partial charge in [-0.25, -0.2) is 4.79 Å². The number of benzene rings is 2. The summed E-state index contributed by atoms with van der Waals surface area (Å²) in [6.07, 6.45) is 0. The molecule has 2 N–H and O–H groups in total. The monoisotopic (exact) mass is 308 g/mol. The molecule has 116 valence electrons. The number of aromatic amines is 1. The second kappa shape index (κ2) is 5.96. The lowest BCUT2D eigenvalue weighted by atomic mass is 10.1. The number of phenolic OH excluding ortho intramolecular Hbond substituents is 1. The molecule has 5 heteroatoms. The van der Waals surface area contributed by atoms with Crippen molar-refractivity contribution >= 4 is 0 Å². The molecule has 3 rings (SSSR count). The van der Waals surface area contributed by atoms with Crippen LogP contribution in [0.15, 0.2) is 53.3 Å². The Hall–Kier alpha value is -3.08. The third-order valence-corrected chi connectivity index (χ3v) is 3.62. The van der Waals surface area contributed by atoms with Crippen LogP contribution in [0.4, 0.5) is 0 Å². The highest BCUT2D eigenvalue weighted by atomic mass is 16.5. The molecule has 0 fully saturated rings. The van der Waals surface area contributed by atoms with Crippen LogP contribution in [-0.4, -0.2) is 22.2 Å². The first kappa shape index (κ1) is 14.8. The van der Waals surface area contributed by atoms with Crippen molar-refractivity contribution in [2.24, 2.45) is 0 Å². The van der Waals surface area contributed by atoms with Gasteiger partial charge in [-0.3, -0.25) is 0 Å². The van der Waals surface area contributed by atoms with Gasteiger partial charge in [0.05, 0.1) is 18.5 Å². The van der Waals surface area contributed by atoms with Crippen LogP contribution in [0.1, 0.15) is 5.56 Å². The van der Waals surface area contributed by atoms with E-state index in [-0.39, 0.29) is 5.75 Å². The van der Waals surface area contributed by atoms with E-state index in [9.17, 15) is 9.90 Å². The minimum atomic E-state index is -0.425. The summed E-state index contributed by atoms with van der Waals surface area (Å²) >= 11 is 0. The van der Waals surface area contributed by atoms with E-state index in [4.69, 9.17) is 4.74 Å². The smallest absolute Gasteiger partial charge is 0.345 e. The Morgan fingerprint density at radius 1 is 1.09 bits per heavy atom. The van der Waals surface area contributed by atoms with Gasteiger partial charge < -0.3 is 14.8 Å². The van der Waals surface area contributed by atoms with Gasteiger partial charge in [-0.2, -0.15) is 4.98 Å². The molecular weight excluding hydrogens is 292 g/mol. The van der Waals surface area contributed by atoms with Crippen molar-refractivity contribution < 1.29 is 9.84 Å².